The highest BCUT2D eigenvalue weighted by atomic mass is 15.5. The lowest BCUT2D eigenvalue weighted by Crippen LogP contribution is -2.23. The summed E-state index contributed by atoms with van der Waals surface area (Å²) in [6.45, 7) is 0. The number of nitrogens with zero attached hydrogens (tertiary/aromatic N) is 5. The summed E-state index contributed by atoms with van der Waals surface area (Å²) in [4.78, 5) is 12.5. The summed E-state index contributed by atoms with van der Waals surface area (Å²) in [6, 6.07) is 0. The number of imidazole rings is 1. The first-order valence-electron chi connectivity index (χ1n) is 4.27. The van der Waals surface area contributed by atoms with Gasteiger partial charge in [-0.15, -0.1) is 0 Å². The van der Waals surface area contributed by atoms with Crippen molar-refractivity contribution in [2.24, 2.45) is 0 Å². The van der Waals surface area contributed by atoms with E-state index >= 15 is 0 Å². The second-order valence-corrected chi connectivity index (χ2v) is 3.08. The summed E-state index contributed by atoms with van der Waals surface area (Å²) in [6.07, 6.45) is 3.25. The third kappa shape index (κ3) is 1.15. The molecular formula is C8H12N6. The smallest absolute Gasteiger partial charge is 0.184 e. The zero-order valence-electron chi connectivity index (χ0n) is 8.39. The van der Waals surface area contributed by atoms with Crippen molar-refractivity contribution in [2.45, 2.75) is 0 Å². The van der Waals surface area contributed by atoms with Crippen LogP contribution in [-0.2, 0) is 0 Å². The summed E-state index contributed by atoms with van der Waals surface area (Å²) in [7, 11) is 5.68. The molecule has 0 bridgehead atoms. The predicted octanol–water partition coefficient (Wildman–Crippen LogP) is 0.0656. The molecule has 0 aliphatic rings. The molecule has 0 amide bonds. The van der Waals surface area contributed by atoms with Gasteiger partial charge in [0, 0.05) is 21.1 Å². The Morgan fingerprint density at radius 3 is 2.71 bits per heavy atom. The maximum Gasteiger partial charge on any atom is 0.184 e. The molecule has 1 N–H and O–H groups in total. The van der Waals surface area contributed by atoms with Gasteiger partial charge in [0.1, 0.15) is 12.7 Å². The molecule has 0 atom stereocenters. The molecule has 0 saturated carbocycles. The Balaban J connectivity index is 2.69. The van der Waals surface area contributed by atoms with Gasteiger partial charge in [0.2, 0.25) is 0 Å². The highest BCUT2D eigenvalue weighted by Gasteiger charge is 2.08. The quantitative estimate of drug-likeness (QED) is 0.729. The molecule has 6 heteroatoms. The second kappa shape index (κ2) is 3.13. The molecule has 0 saturated heterocycles. The van der Waals surface area contributed by atoms with Gasteiger partial charge in [0.25, 0.3) is 0 Å². The van der Waals surface area contributed by atoms with Gasteiger partial charge in [-0.25, -0.2) is 19.6 Å². The molecule has 2 aromatic heterocycles. The molecule has 0 spiro atoms. The lowest BCUT2D eigenvalue weighted by molar-refractivity contribution is 0.745. The predicted molar refractivity (Wildman–Crippen MR) is 54.9 cm³/mol. The van der Waals surface area contributed by atoms with Gasteiger partial charge in [-0.3, -0.25) is 0 Å². The highest BCUT2D eigenvalue weighted by molar-refractivity contribution is 5.82. The van der Waals surface area contributed by atoms with Crippen LogP contribution in [0.5, 0.6) is 0 Å². The van der Waals surface area contributed by atoms with E-state index in [-0.39, 0.29) is 0 Å². The molecule has 14 heavy (non-hydrogen) atoms. The van der Waals surface area contributed by atoms with E-state index in [4.69, 9.17) is 0 Å². The number of nitrogens with one attached hydrogen (secondary N) is 1. The summed E-state index contributed by atoms with van der Waals surface area (Å²) >= 11 is 0. The first-order valence-corrected chi connectivity index (χ1v) is 4.27. The van der Waals surface area contributed by atoms with Crippen molar-refractivity contribution in [1.29, 1.82) is 0 Å². The van der Waals surface area contributed by atoms with Gasteiger partial charge < -0.3 is 10.3 Å². The van der Waals surface area contributed by atoms with E-state index < -0.39 is 0 Å². The van der Waals surface area contributed by atoms with Crippen molar-refractivity contribution in [3.63, 3.8) is 0 Å². The number of anilines is 1. The highest BCUT2D eigenvalue weighted by Crippen LogP contribution is 2.15. The topological polar surface area (TPSA) is 58.9 Å². The fraction of sp³-hybridized carbons (Fsp3) is 0.375. The number of rotatable bonds is 2. The Labute approximate surface area is 81.6 Å². The fourth-order valence-electron chi connectivity index (χ4n) is 1.30. The van der Waals surface area contributed by atoms with Crippen LogP contribution in [0.15, 0.2) is 12.7 Å². The minimum Gasteiger partial charge on any atom is -0.371 e. The van der Waals surface area contributed by atoms with Crippen molar-refractivity contribution in [1.82, 2.24) is 19.6 Å². The van der Waals surface area contributed by atoms with Gasteiger partial charge >= 0.3 is 0 Å². The van der Waals surface area contributed by atoms with E-state index in [0.29, 0.717) is 0 Å². The van der Waals surface area contributed by atoms with E-state index in [1.165, 1.54) is 6.33 Å². The Bertz CT molecular complexity index is 446. The Hall–Kier alpha value is -1.85. The van der Waals surface area contributed by atoms with Crippen molar-refractivity contribution in [3.8, 4) is 0 Å². The van der Waals surface area contributed by atoms with Crippen molar-refractivity contribution in [3.05, 3.63) is 12.7 Å². The first kappa shape index (κ1) is 8.74. The minimum absolute atomic E-state index is 0.746. The summed E-state index contributed by atoms with van der Waals surface area (Å²) in [5.74, 6) is 0.746. The van der Waals surface area contributed by atoms with E-state index in [2.05, 4.69) is 20.3 Å². The van der Waals surface area contributed by atoms with Crippen LogP contribution in [0.3, 0.4) is 0 Å². The van der Waals surface area contributed by atoms with Crippen LogP contribution in [0, 0.1) is 0 Å². The van der Waals surface area contributed by atoms with Crippen molar-refractivity contribution in [2.75, 3.05) is 31.5 Å². The monoisotopic (exact) mass is 192 g/mol. The molecule has 6 nitrogen and oxygen atoms in total. The van der Waals surface area contributed by atoms with Crippen LogP contribution in [0.4, 0.5) is 5.82 Å². The average molecular weight is 192 g/mol. The molecule has 2 heterocycles. The zero-order valence-corrected chi connectivity index (χ0v) is 8.39. The number of aromatic nitrogens is 4. The Morgan fingerprint density at radius 2 is 2.07 bits per heavy atom. The van der Waals surface area contributed by atoms with Gasteiger partial charge in [-0.05, 0) is 0 Å². The van der Waals surface area contributed by atoms with E-state index in [1.54, 1.807) is 6.33 Å². The number of hydrogen-bond donors (Lipinski definition) is 1. The summed E-state index contributed by atoms with van der Waals surface area (Å²) in [5, 5.41) is 4.88. The normalized spacial score (nSPS) is 10.5. The third-order valence-electron chi connectivity index (χ3n) is 1.98. The molecular weight excluding hydrogens is 180 g/mol. The van der Waals surface area contributed by atoms with Crippen molar-refractivity contribution >= 4 is 17.0 Å². The van der Waals surface area contributed by atoms with Crippen LogP contribution in [0.1, 0.15) is 0 Å². The zero-order chi connectivity index (χ0) is 10.1. The molecule has 2 rings (SSSR count). The van der Waals surface area contributed by atoms with Gasteiger partial charge in [-0.2, -0.15) is 0 Å². The lowest BCUT2D eigenvalue weighted by Gasteiger charge is -2.13. The van der Waals surface area contributed by atoms with Crippen LogP contribution < -0.4 is 10.3 Å². The van der Waals surface area contributed by atoms with Crippen LogP contribution in [0.2, 0.25) is 0 Å². The molecule has 0 fully saturated rings. The average Bonchev–Trinajstić information content (AvgIpc) is 2.60. The second-order valence-electron chi connectivity index (χ2n) is 3.08. The van der Waals surface area contributed by atoms with E-state index in [1.807, 2.05) is 30.8 Å². The summed E-state index contributed by atoms with van der Waals surface area (Å²) in [5.41, 5.74) is 1.58. The Morgan fingerprint density at radius 1 is 1.29 bits per heavy atom. The Kier molecular flexibility index (Phi) is 1.95. The molecule has 0 aliphatic carbocycles. The minimum atomic E-state index is 0.746. The standard InChI is InChI=1S/C8H12N6/c1-9-7-6-8(11-4-10-7)14(5-12-6)13(2)3/h4-5H,1-3H3,(H,9,10,11). The molecule has 0 aromatic carbocycles. The first-order chi connectivity index (χ1) is 6.74. The summed E-state index contributed by atoms with van der Waals surface area (Å²) < 4.78 is 1.86. The van der Waals surface area contributed by atoms with Crippen molar-refractivity contribution < 1.29 is 0 Å². The molecule has 2 aromatic rings. The van der Waals surface area contributed by atoms with Gasteiger partial charge in [0.15, 0.2) is 17.0 Å². The van der Waals surface area contributed by atoms with Gasteiger partial charge in [-0.1, -0.05) is 0 Å². The van der Waals surface area contributed by atoms with E-state index in [0.717, 1.165) is 17.0 Å². The number of fused-ring (bicyclic) bond motifs is 1. The third-order valence-corrected chi connectivity index (χ3v) is 1.98. The largest absolute Gasteiger partial charge is 0.371 e. The fourth-order valence-corrected chi connectivity index (χ4v) is 1.30. The maximum absolute atomic E-state index is 4.24. The van der Waals surface area contributed by atoms with Crippen LogP contribution >= 0.6 is 0 Å². The van der Waals surface area contributed by atoms with Crippen LogP contribution in [-0.4, -0.2) is 40.8 Å². The molecule has 0 radical (unpaired) electrons. The molecule has 0 unspecified atom stereocenters. The molecule has 74 valence electrons. The van der Waals surface area contributed by atoms with E-state index in [9.17, 15) is 0 Å². The van der Waals surface area contributed by atoms with Gasteiger partial charge in [0.05, 0.1) is 0 Å². The molecule has 0 aliphatic heterocycles. The van der Waals surface area contributed by atoms with Crippen LogP contribution in [0.25, 0.3) is 11.2 Å². The number of hydrogen-bond acceptors (Lipinski definition) is 5. The lowest BCUT2D eigenvalue weighted by atomic mass is 10.5. The maximum atomic E-state index is 4.24. The SMILES string of the molecule is CNc1ncnc2c1ncn2N(C)C.